The predicted molar refractivity (Wildman–Crippen MR) is 91.7 cm³/mol. The Morgan fingerprint density at radius 2 is 2.04 bits per heavy atom. The van der Waals surface area contributed by atoms with Crippen LogP contribution in [0.25, 0.3) is 0 Å². The molecule has 1 aromatic carbocycles. The zero-order valence-corrected chi connectivity index (χ0v) is 13.7. The highest BCUT2D eigenvalue weighted by Gasteiger charge is 2.33. The number of hydrazine groups is 1. The summed E-state index contributed by atoms with van der Waals surface area (Å²) < 4.78 is 0. The first-order valence-electron chi connectivity index (χ1n) is 9.05. The first kappa shape index (κ1) is 15.0. The summed E-state index contributed by atoms with van der Waals surface area (Å²) in [6.45, 7) is 3.07. The normalized spacial score (nSPS) is 28.5. The Hall–Kier alpha value is -1.52. The number of likely N-dealkylation sites (tertiary alicyclic amines) is 1. The van der Waals surface area contributed by atoms with E-state index in [-0.39, 0.29) is 0 Å². The Kier molecular flexibility index (Phi) is 4.27. The second-order valence-corrected chi connectivity index (χ2v) is 7.21. The van der Waals surface area contributed by atoms with E-state index >= 15 is 0 Å². The molecule has 1 unspecified atom stereocenters. The topological polar surface area (TPSA) is 47.5 Å². The van der Waals surface area contributed by atoms with E-state index in [1.807, 2.05) is 18.2 Å². The van der Waals surface area contributed by atoms with Crippen molar-refractivity contribution in [2.45, 2.75) is 51.1 Å². The lowest BCUT2D eigenvalue weighted by molar-refractivity contribution is 0.178. The Labute approximate surface area is 138 Å². The third-order valence-corrected chi connectivity index (χ3v) is 5.64. The number of para-hydroxylation sites is 1. The van der Waals surface area contributed by atoms with Crippen molar-refractivity contribution in [3.63, 3.8) is 0 Å². The first-order valence-corrected chi connectivity index (χ1v) is 9.05. The third kappa shape index (κ3) is 3.10. The number of nitrogens with zero attached hydrogens (tertiary/aromatic N) is 1. The van der Waals surface area contributed by atoms with Gasteiger partial charge in [0.05, 0.1) is 0 Å². The molecule has 1 saturated carbocycles. The van der Waals surface area contributed by atoms with Gasteiger partial charge in [-0.25, -0.2) is 5.43 Å². The molecule has 2 heterocycles. The molecule has 1 saturated heterocycles. The fourth-order valence-corrected chi connectivity index (χ4v) is 4.42. The minimum Gasteiger partial charge on any atom is -0.508 e. The number of hydrogen-bond donors (Lipinski definition) is 3. The molecule has 124 valence electrons. The van der Waals surface area contributed by atoms with Gasteiger partial charge in [-0.05, 0) is 50.3 Å². The Bertz CT molecular complexity index is 598. The van der Waals surface area contributed by atoms with Crippen LogP contribution in [0.4, 0.5) is 0 Å². The van der Waals surface area contributed by atoms with Gasteiger partial charge in [0.2, 0.25) is 0 Å². The largest absolute Gasteiger partial charge is 0.508 e. The van der Waals surface area contributed by atoms with E-state index in [4.69, 9.17) is 0 Å². The second-order valence-electron chi connectivity index (χ2n) is 7.21. The number of piperidine rings is 1. The Morgan fingerprint density at radius 3 is 2.96 bits per heavy atom. The lowest BCUT2D eigenvalue weighted by Crippen LogP contribution is -2.39. The molecule has 1 aliphatic carbocycles. The molecule has 4 heteroatoms. The fourth-order valence-electron chi connectivity index (χ4n) is 4.42. The Balaban J connectivity index is 1.46. The van der Waals surface area contributed by atoms with Crippen molar-refractivity contribution >= 4 is 0 Å². The van der Waals surface area contributed by atoms with Gasteiger partial charge in [0.25, 0.3) is 0 Å². The SMILES string of the molecule is Oc1ccccc1CN1CCC[C@@H](C2=C3CCCCC3NN2)C1. The summed E-state index contributed by atoms with van der Waals surface area (Å²) in [7, 11) is 0. The summed E-state index contributed by atoms with van der Waals surface area (Å²) in [5.41, 5.74) is 11.2. The number of phenolic OH excluding ortho intramolecular Hbond substituents is 1. The number of fused-ring (bicyclic) bond motifs is 1. The van der Waals surface area contributed by atoms with Gasteiger partial charge in [-0.15, -0.1) is 0 Å². The lowest BCUT2D eigenvalue weighted by atomic mass is 9.85. The van der Waals surface area contributed by atoms with E-state index in [0.717, 1.165) is 25.2 Å². The van der Waals surface area contributed by atoms with E-state index in [9.17, 15) is 5.11 Å². The molecule has 0 spiro atoms. The van der Waals surface area contributed by atoms with Crippen molar-refractivity contribution in [2.24, 2.45) is 5.92 Å². The molecule has 1 aromatic rings. The van der Waals surface area contributed by atoms with Crippen LogP contribution in [-0.2, 0) is 6.54 Å². The third-order valence-electron chi connectivity index (χ3n) is 5.64. The minimum absolute atomic E-state index is 0.421. The van der Waals surface area contributed by atoms with E-state index in [1.54, 1.807) is 11.6 Å². The number of benzene rings is 1. The molecule has 4 rings (SSSR count). The van der Waals surface area contributed by atoms with E-state index < -0.39 is 0 Å². The maximum Gasteiger partial charge on any atom is 0.120 e. The van der Waals surface area contributed by atoms with Gasteiger partial charge in [0.15, 0.2) is 0 Å². The van der Waals surface area contributed by atoms with E-state index in [0.29, 0.717) is 17.7 Å². The van der Waals surface area contributed by atoms with Crippen LogP contribution in [0.1, 0.15) is 44.1 Å². The molecular formula is C19H27N3O. The van der Waals surface area contributed by atoms with Crippen molar-refractivity contribution in [2.75, 3.05) is 13.1 Å². The summed E-state index contributed by atoms with van der Waals surface area (Å²) >= 11 is 0. The van der Waals surface area contributed by atoms with Gasteiger partial charge in [0.1, 0.15) is 5.75 Å². The van der Waals surface area contributed by atoms with E-state index in [2.05, 4.69) is 15.8 Å². The monoisotopic (exact) mass is 313 g/mol. The number of phenols is 1. The van der Waals surface area contributed by atoms with Gasteiger partial charge in [0, 0.05) is 36.3 Å². The maximum atomic E-state index is 10.0. The highest BCUT2D eigenvalue weighted by molar-refractivity contribution is 5.32. The smallest absolute Gasteiger partial charge is 0.120 e. The molecule has 4 nitrogen and oxygen atoms in total. The van der Waals surface area contributed by atoms with Crippen LogP contribution in [0.2, 0.25) is 0 Å². The highest BCUT2D eigenvalue weighted by atomic mass is 16.3. The quantitative estimate of drug-likeness (QED) is 0.803. The van der Waals surface area contributed by atoms with Crippen LogP contribution in [-0.4, -0.2) is 29.1 Å². The minimum atomic E-state index is 0.421. The van der Waals surface area contributed by atoms with Crippen molar-refractivity contribution in [3.8, 4) is 5.75 Å². The first-order chi connectivity index (χ1) is 11.3. The lowest BCUT2D eigenvalue weighted by Gasteiger charge is -2.34. The summed E-state index contributed by atoms with van der Waals surface area (Å²) in [6, 6.07) is 8.30. The van der Waals surface area contributed by atoms with Crippen LogP contribution in [0.5, 0.6) is 5.75 Å². The maximum absolute atomic E-state index is 10.0. The van der Waals surface area contributed by atoms with E-state index in [1.165, 1.54) is 44.2 Å². The van der Waals surface area contributed by atoms with Crippen LogP contribution in [0, 0.1) is 5.92 Å². The molecule has 0 aromatic heterocycles. The molecule has 2 aliphatic heterocycles. The predicted octanol–water partition coefficient (Wildman–Crippen LogP) is 2.91. The average molecular weight is 313 g/mol. The number of aromatic hydroxyl groups is 1. The van der Waals surface area contributed by atoms with Gasteiger partial charge in [-0.2, -0.15) is 0 Å². The standard InChI is InChI=1S/C19H27N3O/c23-18-10-4-1-6-14(18)12-22-11-5-7-15(13-22)19-16-8-2-3-9-17(16)20-21-19/h1,4,6,10,15,17,20-21,23H,2-3,5,7-9,11-13H2/t15-,17?/m1/s1. The zero-order chi connectivity index (χ0) is 15.6. The van der Waals surface area contributed by atoms with Gasteiger partial charge < -0.3 is 10.5 Å². The summed E-state index contributed by atoms with van der Waals surface area (Å²) in [6.07, 6.45) is 7.74. The van der Waals surface area contributed by atoms with Crippen molar-refractivity contribution < 1.29 is 5.11 Å². The van der Waals surface area contributed by atoms with Crippen LogP contribution in [0.15, 0.2) is 35.5 Å². The van der Waals surface area contributed by atoms with Gasteiger partial charge in [-0.1, -0.05) is 24.6 Å². The molecule has 0 radical (unpaired) electrons. The second kappa shape index (κ2) is 6.54. The molecule has 3 aliphatic rings. The fraction of sp³-hybridized carbons (Fsp3) is 0.579. The van der Waals surface area contributed by atoms with Crippen molar-refractivity contribution in [1.82, 2.24) is 15.8 Å². The molecule has 23 heavy (non-hydrogen) atoms. The number of rotatable bonds is 3. The van der Waals surface area contributed by atoms with Crippen LogP contribution in [0.3, 0.4) is 0 Å². The molecule has 3 N–H and O–H groups in total. The summed E-state index contributed by atoms with van der Waals surface area (Å²) in [4.78, 5) is 2.49. The summed E-state index contributed by atoms with van der Waals surface area (Å²) in [5.74, 6) is 1.03. The summed E-state index contributed by atoms with van der Waals surface area (Å²) in [5, 5.41) is 10.0. The van der Waals surface area contributed by atoms with Crippen LogP contribution < -0.4 is 10.9 Å². The molecule has 2 fully saturated rings. The molecule has 0 amide bonds. The molecule has 0 bridgehead atoms. The molecular weight excluding hydrogens is 286 g/mol. The van der Waals surface area contributed by atoms with Crippen molar-refractivity contribution in [1.29, 1.82) is 0 Å². The average Bonchev–Trinajstić information content (AvgIpc) is 3.01. The van der Waals surface area contributed by atoms with Crippen LogP contribution >= 0.6 is 0 Å². The van der Waals surface area contributed by atoms with Gasteiger partial charge in [-0.3, -0.25) is 4.90 Å². The molecule has 2 atom stereocenters. The Morgan fingerprint density at radius 1 is 1.13 bits per heavy atom. The van der Waals surface area contributed by atoms with Crippen molar-refractivity contribution in [3.05, 3.63) is 41.1 Å². The van der Waals surface area contributed by atoms with Gasteiger partial charge >= 0.3 is 0 Å². The number of nitrogens with one attached hydrogen (secondary N) is 2. The zero-order valence-electron chi connectivity index (χ0n) is 13.7. The highest BCUT2D eigenvalue weighted by Crippen LogP contribution is 2.34. The number of hydrogen-bond acceptors (Lipinski definition) is 4.